The molecular weight excluding hydrogens is 207 g/mol. The topological polar surface area (TPSA) is 36.9 Å². The Hall–Kier alpha value is -0.0131. The second kappa shape index (κ2) is 8.31. The molecule has 6 heteroatoms. The van der Waals surface area contributed by atoms with E-state index in [0.29, 0.717) is 12.7 Å². The average molecular weight is 226 g/mol. The largest absolute Gasteiger partial charge is 0.500 e. The van der Waals surface area contributed by atoms with Gasteiger partial charge in [0.2, 0.25) is 0 Å². The molecule has 0 rings (SSSR count). The quantitative estimate of drug-likeness (QED) is 0.438. The lowest BCUT2D eigenvalue weighted by Crippen LogP contribution is -2.42. The Bertz CT molecular complexity index is 124. The summed E-state index contributed by atoms with van der Waals surface area (Å²) in [6.45, 7) is 0.220. The zero-order valence-electron chi connectivity index (χ0n) is 9.05. The summed E-state index contributed by atoms with van der Waals surface area (Å²) >= 11 is 0. The number of hydrogen-bond acceptors (Lipinski definition) is 4. The second-order valence-electron chi connectivity index (χ2n) is 2.70. The molecule has 14 heavy (non-hydrogen) atoms. The van der Waals surface area contributed by atoms with Crippen LogP contribution in [0.15, 0.2) is 0 Å². The van der Waals surface area contributed by atoms with Crippen molar-refractivity contribution < 1.29 is 22.4 Å². The Balaban J connectivity index is 3.61. The molecule has 0 saturated carbocycles. The summed E-state index contributed by atoms with van der Waals surface area (Å²) in [5.74, 6) is 0. The number of hydrogen-bond donors (Lipinski definition) is 0. The van der Waals surface area contributed by atoms with E-state index in [1.807, 2.05) is 0 Å². The van der Waals surface area contributed by atoms with E-state index in [-0.39, 0.29) is 6.61 Å². The summed E-state index contributed by atoms with van der Waals surface area (Å²) in [5.41, 5.74) is 0. The third kappa shape index (κ3) is 5.01. The minimum atomic E-state index is -2.45. The summed E-state index contributed by atoms with van der Waals surface area (Å²) in [4.78, 5) is 0. The van der Waals surface area contributed by atoms with Gasteiger partial charge in [0.15, 0.2) is 0 Å². The average Bonchev–Trinajstić information content (AvgIpc) is 2.24. The molecule has 0 atom stereocenters. The van der Waals surface area contributed by atoms with Crippen LogP contribution >= 0.6 is 0 Å². The SMILES string of the molecule is CO[Si](CCCOCCF)(OC)OC. The lowest BCUT2D eigenvalue weighted by molar-refractivity contribution is 0.101. The minimum Gasteiger partial charge on any atom is -0.379 e. The smallest absolute Gasteiger partial charge is 0.379 e. The third-order valence-corrected chi connectivity index (χ3v) is 4.76. The lowest BCUT2D eigenvalue weighted by atomic mass is 10.5. The fourth-order valence-electron chi connectivity index (χ4n) is 1.10. The molecule has 0 fully saturated rings. The van der Waals surface area contributed by atoms with E-state index >= 15 is 0 Å². The van der Waals surface area contributed by atoms with Crippen LogP contribution in [0.4, 0.5) is 4.39 Å². The van der Waals surface area contributed by atoms with Crippen molar-refractivity contribution in [2.24, 2.45) is 0 Å². The molecule has 0 heterocycles. The van der Waals surface area contributed by atoms with Gasteiger partial charge in [-0.25, -0.2) is 4.39 Å². The Morgan fingerprint density at radius 1 is 1.00 bits per heavy atom. The van der Waals surface area contributed by atoms with Crippen LogP contribution in [0.3, 0.4) is 0 Å². The molecule has 4 nitrogen and oxygen atoms in total. The second-order valence-corrected chi connectivity index (χ2v) is 5.79. The van der Waals surface area contributed by atoms with Gasteiger partial charge in [-0.15, -0.1) is 0 Å². The first kappa shape index (κ1) is 14.0. The molecule has 0 spiro atoms. The van der Waals surface area contributed by atoms with Crippen molar-refractivity contribution >= 4 is 8.80 Å². The van der Waals surface area contributed by atoms with Gasteiger partial charge in [0, 0.05) is 34.0 Å². The van der Waals surface area contributed by atoms with Crippen LogP contribution in [0.5, 0.6) is 0 Å². The number of alkyl halides is 1. The van der Waals surface area contributed by atoms with Gasteiger partial charge in [-0.1, -0.05) is 0 Å². The maximum Gasteiger partial charge on any atom is 0.500 e. The maximum atomic E-state index is 11.7. The molecule has 0 unspecified atom stereocenters. The van der Waals surface area contributed by atoms with Gasteiger partial charge in [0.05, 0.1) is 6.61 Å². The van der Waals surface area contributed by atoms with E-state index in [0.717, 1.165) is 6.42 Å². The zero-order valence-corrected chi connectivity index (χ0v) is 10.0. The molecule has 86 valence electrons. The molecule has 0 aliphatic carbocycles. The first-order chi connectivity index (χ1) is 6.74. The van der Waals surface area contributed by atoms with Crippen LogP contribution in [-0.2, 0) is 18.0 Å². The van der Waals surface area contributed by atoms with E-state index in [4.69, 9.17) is 18.0 Å². The van der Waals surface area contributed by atoms with Gasteiger partial charge in [0.25, 0.3) is 0 Å². The number of ether oxygens (including phenoxy) is 1. The van der Waals surface area contributed by atoms with Crippen molar-refractivity contribution in [2.45, 2.75) is 12.5 Å². The summed E-state index contributed by atoms with van der Waals surface area (Å²) in [5, 5.41) is 0. The van der Waals surface area contributed by atoms with E-state index < -0.39 is 15.5 Å². The van der Waals surface area contributed by atoms with Gasteiger partial charge in [0.1, 0.15) is 6.67 Å². The molecular formula is C8H19FO4Si. The van der Waals surface area contributed by atoms with E-state index in [1.165, 1.54) is 0 Å². The molecule has 0 aromatic carbocycles. The normalized spacial score (nSPS) is 12.0. The maximum absolute atomic E-state index is 11.7. The van der Waals surface area contributed by atoms with Crippen LogP contribution < -0.4 is 0 Å². The van der Waals surface area contributed by atoms with Crippen LogP contribution in [0.1, 0.15) is 6.42 Å². The van der Waals surface area contributed by atoms with Crippen molar-refractivity contribution in [1.82, 2.24) is 0 Å². The van der Waals surface area contributed by atoms with Crippen molar-refractivity contribution in [3.63, 3.8) is 0 Å². The molecule has 0 saturated heterocycles. The van der Waals surface area contributed by atoms with Gasteiger partial charge < -0.3 is 18.0 Å². The van der Waals surface area contributed by atoms with Crippen LogP contribution in [0.25, 0.3) is 0 Å². The Morgan fingerprint density at radius 2 is 1.57 bits per heavy atom. The Morgan fingerprint density at radius 3 is 2.00 bits per heavy atom. The molecule has 0 N–H and O–H groups in total. The number of halogens is 1. The highest BCUT2D eigenvalue weighted by Crippen LogP contribution is 2.14. The van der Waals surface area contributed by atoms with Crippen LogP contribution in [-0.4, -0.2) is 50.0 Å². The fourth-order valence-corrected chi connectivity index (χ4v) is 2.79. The van der Waals surface area contributed by atoms with E-state index in [1.54, 1.807) is 21.3 Å². The molecule has 0 aromatic heterocycles. The van der Waals surface area contributed by atoms with Gasteiger partial charge >= 0.3 is 8.80 Å². The predicted molar refractivity (Wildman–Crippen MR) is 53.0 cm³/mol. The molecule has 0 radical (unpaired) electrons. The zero-order chi connectivity index (χ0) is 10.9. The molecule has 0 aromatic rings. The molecule has 0 bridgehead atoms. The Kier molecular flexibility index (Phi) is 8.30. The summed E-state index contributed by atoms with van der Waals surface area (Å²) < 4.78 is 32.3. The van der Waals surface area contributed by atoms with Crippen molar-refractivity contribution in [2.75, 3.05) is 41.2 Å². The lowest BCUT2D eigenvalue weighted by Gasteiger charge is -2.24. The van der Waals surface area contributed by atoms with Crippen molar-refractivity contribution in [3.05, 3.63) is 0 Å². The third-order valence-electron chi connectivity index (χ3n) is 1.93. The monoisotopic (exact) mass is 226 g/mol. The molecule has 0 aliphatic heterocycles. The van der Waals surface area contributed by atoms with Crippen LogP contribution in [0.2, 0.25) is 6.04 Å². The number of rotatable bonds is 9. The van der Waals surface area contributed by atoms with Crippen LogP contribution in [0, 0.1) is 0 Å². The van der Waals surface area contributed by atoms with Crippen molar-refractivity contribution in [3.8, 4) is 0 Å². The van der Waals surface area contributed by atoms with Gasteiger partial charge in [-0.05, 0) is 6.42 Å². The van der Waals surface area contributed by atoms with Gasteiger partial charge in [-0.3, -0.25) is 0 Å². The van der Waals surface area contributed by atoms with Crippen molar-refractivity contribution in [1.29, 1.82) is 0 Å². The molecule has 0 aliphatic rings. The van der Waals surface area contributed by atoms with E-state index in [2.05, 4.69) is 0 Å². The summed E-state index contributed by atoms with van der Waals surface area (Å²) in [6, 6.07) is 0.683. The highest BCUT2D eigenvalue weighted by atomic mass is 28.4. The summed E-state index contributed by atoms with van der Waals surface area (Å²) in [6.07, 6.45) is 0.752. The van der Waals surface area contributed by atoms with E-state index in [9.17, 15) is 4.39 Å². The first-order valence-electron chi connectivity index (χ1n) is 4.54. The minimum absolute atomic E-state index is 0.154. The first-order valence-corrected chi connectivity index (χ1v) is 6.47. The standard InChI is InChI=1S/C8H19FO4Si/c1-10-14(11-2,12-3)8-4-6-13-7-5-9/h4-8H2,1-3H3. The summed E-state index contributed by atoms with van der Waals surface area (Å²) in [7, 11) is 2.26. The Labute approximate surface area is 85.7 Å². The fraction of sp³-hybridized carbons (Fsp3) is 1.00. The highest BCUT2D eigenvalue weighted by Gasteiger charge is 2.36. The van der Waals surface area contributed by atoms with Gasteiger partial charge in [-0.2, -0.15) is 0 Å². The predicted octanol–water partition coefficient (Wildman–Crippen LogP) is 1.24. The molecule has 0 amide bonds. The highest BCUT2D eigenvalue weighted by molar-refractivity contribution is 6.60.